The molecule has 0 saturated carbocycles. The van der Waals surface area contributed by atoms with E-state index in [1.54, 1.807) is 12.1 Å². The summed E-state index contributed by atoms with van der Waals surface area (Å²) < 4.78 is 39.0. The Kier molecular flexibility index (Phi) is 4.76. The van der Waals surface area contributed by atoms with Gasteiger partial charge in [0.25, 0.3) is 0 Å². The maximum atomic E-state index is 13.0. The van der Waals surface area contributed by atoms with Gasteiger partial charge in [0.1, 0.15) is 5.75 Å². The molecule has 134 valence electrons. The lowest BCUT2D eigenvalue weighted by atomic mass is 10.1. The number of nitrogens with two attached hydrogens (primary N) is 1. The van der Waals surface area contributed by atoms with Crippen molar-refractivity contribution in [1.29, 1.82) is 0 Å². The van der Waals surface area contributed by atoms with Crippen molar-refractivity contribution in [2.75, 3.05) is 36.0 Å². The fourth-order valence-corrected chi connectivity index (χ4v) is 3.08. The van der Waals surface area contributed by atoms with E-state index in [9.17, 15) is 18.3 Å². The second-order valence-electron chi connectivity index (χ2n) is 6.04. The van der Waals surface area contributed by atoms with Crippen LogP contribution < -0.4 is 15.5 Å². The fraction of sp³-hybridized carbons (Fsp3) is 0.333. The normalized spacial score (nSPS) is 15.5. The van der Waals surface area contributed by atoms with Gasteiger partial charge in [0.15, 0.2) is 0 Å². The fourth-order valence-electron chi connectivity index (χ4n) is 3.08. The number of anilines is 2. The first-order valence-corrected chi connectivity index (χ1v) is 8.07. The van der Waals surface area contributed by atoms with Crippen molar-refractivity contribution in [3.8, 4) is 5.75 Å². The van der Waals surface area contributed by atoms with E-state index in [0.717, 1.165) is 11.8 Å². The van der Waals surface area contributed by atoms with Gasteiger partial charge in [-0.1, -0.05) is 6.07 Å². The van der Waals surface area contributed by atoms with Crippen LogP contribution in [0.5, 0.6) is 5.75 Å². The number of alkyl halides is 3. The number of hydrogen-bond donors (Lipinski definition) is 2. The zero-order valence-corrected chi connectivity index (χ0v) is 13.6. The van der Waals surface area contributed by atoms with E-state index in [1.807, 2.05) is 17.0 Å². The number of phenols is 1. The van der Waals surface area contributed by atoms with Crippen LogP contribution in [0, 0.1) is 0 Å². The van der Waals surface area contributed by atoms with Crippen molar-refractivity contribution >= 4 is 11.4 Å². The maximum Gasteiger partial charge on any atom is 0.416 e. The van der Waals surface area contributed by atoms with E-state index < -0.39 is 11.7 Å². The van der Waals surface area contributed by atoms with Crippen molar-refractivity contribution in [2.24, 2.45) is 5.73 Å². The first-order valence-electron chi connectivity index (χ1n) is 8.07. The van der Waals surface area contributed by atoms with Crippen LogP contribution in [0.4, 0.5) is 24.5 Å². The molecule has 0 aromatic heterocycles. The first-order chi connectivity index (χ1) is 11.9. The highest BCUT2D eigenvalue weighted by atomic mass is 19.4. The van der Waals surface area contributed by atoms with Gasteiger partial charge in [-0.3, -0.25) is 0 Å². The molecular formula is C18H20F3N3O. The van der Waals surface area contributed by atoms with Crippen LogP contribution in [0.3, 0.4) is 0 Å². The molecule has 7 heteroatoms. The predicted octanol–water partition coefficient (Wildman–Crippen LogP) is 3.20. The van der Waals surface area contributed by atoms with Crippen molar-refractivity contribution in [3.63, 3.8) is 0 Å². The Hall–Kier alpha value is -2.41. The second-order valence-corrected chi connectivity index (χ2v) is 6.04. The van der Waals surface area contributed by atoms with Gasteiger partial charge in [0.2, 0.25) is 0 Å². The number of nitrogens with zero attached hydrogens (tertiary/aromatic N) is 2. The highest BCUT2D eigenvalue weighted by Gasteiger charge is 2.32. The minimum atomic E-state index is -4.37. The van der Waals surface area contributed by atoms with Crippen molar-refractivity contribution in [3.05, 3.63) is 53.6 Å². The summed E-state index contributed by atoms with van der Waals surface area (Å²) in [6.07, 6.45) is -4.37. The molecule has 3 rings (SSSR count). The lowest BCUT2D eigenvalue weighted by Gasteiger charge is -2.38. The zero-order valence-electron chi connectivity index (χ0n) is 13.6. The molecule has 0 spiro atoms. The largest absolute Gasteiger partial charge is 0.508 e. The van der Waals surface area contributed by atoms with Crippen molar-refractivity contribution in [1.82, 2.24) is 0 Å². The van der Waals surface area contributed by atoms with Gasteiger partial charge in [0.05, 0.1) is 5.56 Å². The molecule has 25 heavy (non-hydrogen) atoms. The third-order valence-electron chi connectivity index (χ3n) is 4.47. The summed E-state index contributed by atoms with van der Waals surface area (Å²) >= 11 is 0. The van der Waals surface area contributed by atoms with Gasteiger partial charge in [-0.05, 0) is 42.0 Å². The molecule has 1 aliphatic rings. The molecule has 2 aromatic carbocycles. The van der Waals surface area contributed by atoms with Gasteiger partial charge in [-0.15, -0.1) is 0 Å². The van der Waals surface area contributed by atoms with Gasteiger partial charge >= 0.3 is 6.18 Å². The van der Waals surface area contributed by atoms with Crippen LogP contribution in [-0.4, -0.2) is 31.3 Å². The highest BCUT2D eigenvalue weighted by Crippen LogP contribution is 2.34. The molecule has 1 aliphatic heterocycles. The molecular weight excluding hydrogens is 331 g/mol. The Bertz CT molecular complexity index is 723. The molecule has 0 unspecified atom stereocenters. The molecule has 2 aromatic rings. The average molecular weight is 351 g/mol. The van der Waals surface area contributed by atoms with Crippen LogP contribution in [0.15, 0.2) is 42.5 Å². The lowest BCUT2D eigenvalue weighted by molar-refractivity contribution is -0.137. The number of phenolic OH excluding ortho intramolecular Hbond substituents is 1. The molecule has 0 bridgehead atoms. The summed E-state index contributed by atoms with van der Waals surface area (Å²) in [6, 6.07) is 10.7. The van der Waals surface area contributed by atoms with Crippen molar-refractivity contribution < 1.29 is 18.3 Å². The summed E-state index contributed by atoms with van der Waals surface area (Å²) in [5.41, 5.74) is 7.31. The van der Waals surface area contributed by atoms with E-state index in [0.29, 0.717) is 37.4 Å². The van der Waals surface area contributed by atoms with Crippen LogP contribution in [0.25, 0.3) is 0 Å². The second kappa shape index (κ2) is 6.84. The Balaban J connectivity index is 1.77. The Morgan fingerprint density at radius 2 is 1.52 bits per heavy atom. The summed E-state index contributed by atoms with van der Waals surface area (Å²) in [7, 11) is 0. The van der Waals surface area contributed by atoms with Crippen LogP contribution in [0.1, 0.15) is 11.1 Å². The molecule has 0 aliphatic carbocycles. The van der Waals surface area contributed by atoms with Gasteiger partial charge in [-0.25, -0.2) is 0 Å². The molecule has 1 fully saturated rings. The van der Waals surface area contributed by atoms with Gasteiger partial charge in [0, 0.05) is 44.1 Å². The number of halogens is 3. The number of aromatic hydroxyl groups is 1. The minimum absolute atomic E-state index is 0.200. The van der Waals surface area contributed by atoms with Crippen LogP contribution >= 0.6 is 0 Å². The molecule has 3 N–H and O–H groups in total. The summed E-state index contributed by atoms with van der Waals surface area (Å²) in [6.45, 7) is 2.78. The molecule has 1 saturated heterocycles. The highest BCUT2D eigenvalue weighted by molar-refractivity contribution is 5.58. The molecule has 1 heterocycles. The Morgan fingerprint density at radius 1 is 0.920 bits per heavy atom. The third kappa shape index (κ3) is 3.82. The molecule has 0 amide bonds. The van der Waals surface area contributed by atoms with Crippen molar-refractivity contribution in [2.45, 2.75) is 12.7 Å². The SMILES string of the molecule is NCc1ccc(C(F)(F)F)cc1N1CCN(c2ccc(O)cc2)CC1. The summed E-state index contributed by atoms with van der Waals surface area (Å²) in [5, 5.41) is 9.36. The minimum Gasteiger partial charge on any atom is -0.508 e. The quantitative estimate of drug-likeness (QED) is 0.892. The summed E-state index contributed by atoms with van der Waals surface area (Å²) in [4.78, 5) is 4.10. The first kappa shape index (κ1) is 17.4. The van der Waals surface area contributed by atoms with Gasteiger partial charge < -0.3 is 20.6 Å². The standard InChI is InChI=1S/C18H20F3N3O/c19-18(20,21)14-2-1-13(12-22)17(11-14)24-9-7-23(8-10-24)15-3-5-16(25)6-4-15/h1-6,11,25H,7-10,12,22H2. The van der Waals surface area contributed by atoms with Gasteiger partial charge in [-0.2, -0.15) is 13.2 Å². The Labute approximate surface area is 144 Å². The third-order valence-corrected chi connectivity index (χ3v) is 4.47. The van der Waals surface area contributed by atoms with E-state index in [2.05, 4.69) is 4.90 Å². The Morgan fingerprint density at radius 3 is 2.08 bits per heavy atom. The smallest absolute Gasteiger partial charge is 0.416 e. The van der Waals surface area contributed by atoms with E-state index >= 15 is 0 Å². The number of benzene rings is 2. The lowest BCUT2D eigenvalue weighted by Crippen LogP contribution is -2.47. The van der Waals surface area contributed by atoms with E-state index in [4.69, 9.17) is 5.73 Å². The van der Waals surface area contributed by atoms with Crippen LogP contribution in [0.2, 0.25) is 0 Å². The molecule has 4 nitrogen and oxygen atoms in total. The van der Waals surface area contributed by atoms with E-state index in [-0.39, 0.29) is 12.3 Å². The predicted molar refractivity (Wildman–Crippen MR) is 91.9 cm³/mol. The zero-order chi connectivity index (χ0) is 18.0. The summed E-state index contributed by atoms with van der Waals surface area (Å²) in [5.74, 6) is 0.207. The van der Waals surface area contributed by atoms with Crippen LogP contribution in [-0.2, 0) is 12.7 Å². The number of hydrogen-bond acceptors (Lipinski definition) is 4. The molecule has 0 atom stereocenters. The average Bonchev–Trinajstić information content (AvgIpc) is 2.61. The maximum absolute atomic E-state index is 13.0. The monoisotopic (exact) mass is 351 g/mol. The molecule has 0 radical (unpaired) electrons. The topological polar surface area (TPSA) is 52.7 Å². The van der Waals surface area contributed by atoms with E-state index in [1.165, 1.54) is 12.1 Å². The number of rotatable bonds is 3. The number of piperazine rings is 1.